The number of hydrazone groups is 1. The highest BCUT2D eigenvalue weighted by atomic mass is 16.5. The maximum absolute atomic E-state index is 13.2. The number of carbonyl (C=O) groups excluding carboxylic acids is 1. The molecule has 4 rings (SSSR count). The van der Waals surface area contributed by atoms with Crippen molar-refractivity contribution in [3.63, 3.8) is 0 Å². The third kappa shape index (κ3) is 5.62. The molecule has 1 fully saturated rings. The minimum Gasteiger partial charge on any atom is -0.493 e. The van der Waals surface area contributed by atoms with Gasteiger partial charge < -0.3 is 19.5 Å². The summed E-state index contributed by atoms with van der Waals surface area (Å²) in [5.74, 6) is 1.09. The SMILES string of the molecule is CCOc1cc(C2=NN(C(=O)c3ccc(N(C(=O)O)C4CCN(C)CC4)cc3)CCC2)ccc1OC. The fraction of sp³-hybridized carbons (Fsp3) is 0.444. The zero-order chi connectivity index (χ0) is 25.7. The number of ether oxygens (including phenoxy) is 2. The molecule has 0 bridgehead atoms. The molecule has 0 aliphatic carbocycles. The van der Waals surface area contributed by atoms with Crippen LogP contribution in [0, 0.1) is 0 Å². The summed E-state index contributed by atoms with van der Waals surface area (Å²) < 4.78 is 11.1. The number of hydrogen-bond acceptors (Lipinski definition) is 6. The van der Waals surface area contributed by atoms with Crippen molar-refractivity contribution in [1.82, 2.24) is 9.91 Å². The monoisotopic (exact) mass is 494 g/mol. The average molecular weight is 495 g/mol. The van der Waals surface area contributed by atoms with E-state index >= 15 is 0 Å². The molecule has 2 aliphatic rings. The van der Waals surface area contributed by atoms with E-state index in [9.17, 15) is 14.7 Å². The molecule has 0 aromatic heterocycles. The van der Waals surface area contributed by atoms with Crippen LogP contribution in [-0.2, 0) is 0 Å². The first-order chi connectivity index (χ1) is 17.4. The lowest BCUT2D eigenvalue weighted by atomic mass is 10.0. The van der Waals surface area contributed by atoms with Crippen molar-refractivity contribution < 1.29 is 24.2 Å². The molecule has 2 aromatic rings. The first-order valence-electron chi connectivity index (χ1n) is 12.4. The van der Waals surface area contributed by atoms with E-state index in [0.29, 0.717) is 35.9 Å². The van der Waals surface area contributed by atoms with E-state index in [1.54, 1.807) is 31.4 Å². The second kappa shape index (κ2) is 11.4. The van der Waals surface area contributed by atoms with Gasteiger partial charge in [0.05, 0.1) is 19.4 Å². The van der Waals surface area contributed by atoms with E-state index in [-0.39, 0.29) is 11.9 Å². The van der Waals surface area contributed by atoms with Gasteiger partial charge in [0.25, 0.3) is 5.91 Å². The van der Waals surface area contributed by atoms with Gasteiger partial charge in [-0.05, 0) is 95.2 Å². The number of nitrogens with zero attached hydrogens (tertiary/aromatic N) is 4. The van der Waals surface area contributed by atoms with Crippen LogP contribution < -0.4 is 14.4 Å². The summed E-state index contributed by atoms with van der Waals surface area (Å²) in [6, 6.07) is 12.4. The Labute approximate surface area is 211 Å². The molecule has 0 atom stereocenters. The van der Waals surface area contributed by atoms with E-state index < -0.39 is 6.09 Å². The molecule has 9 heteroatoms. The van der Waals surface area contributed by atoms with E-state index in [0.717, 1.165) is 50.0 Å². The molecule has 192 valence electrons. The van der Waals surface area contributed by atoms with Crippen LogP contribution in [0.1, 0.15) is 48.5 Å². The lowest BCUT2D eigenvalue weighted by Crippen LogP contribution is -2.46. The van der Waals surface area contributed by atoms with Gasteiger partial charge in [-0.2, -0.15) is 5.10 Å². The molecule has 2 aliphatic heterocycles. The minimum atomic E-state index is -0.972. The number of hydrogen-bond donors (Lipinski definition) is 1. The van der Waals surface area contributed by atoms with E-state index in [2.05, 4.69) is 10.0 Å². The first-order valence-corrected chi connectivity index (χ1v) is 12.4. The summed E-state index contributed by atoms with van der Waals surface area (Å²) >= 11 is 0. The number of anilines is 1. The van der Waals surface area contributed by atoms with Crippen molar-refractivity contribution >= 4 is 23.4 Å². The summed E-state index contributed by atoms with van der Waals surface area (Å²) in [5, 5.41) is 16.0. The van der Waals surface area contributed by atoms with Crippen LogP contribution in [0.25, 0.3) is 0 Å². The van der Waals surface area contributed by atoms with E-state index in [1.165, 1.54) is 9.91 Å². The van der Waals surface area contributed by atoms with Crippen LogP contribution >= 0.6 is 0 Å². The third-order valence-electron chi connectivity index (χ3n) is 6.71. The van der Waals surface area contributed by atoms with Crippen molar-refractivity contribution in [3.05, 3.63) is 53.6 Å². The standard InChI is InChI=1S/C27H34N4O5/c1-4-36-25-18-20(9-12-24(25)35-3)23-6-5-15-30(28-23)26(32)19-7-10-21(11-8-19)31(27(33)34)22-13-16-29(2)17-14-22/h7-12,18,22H,4-6,13-17H2,1-3H3,(H,33,34). The predicted octanol–water partition coefficient (Wildman–Crippen LogP) is 4.31. The average Bonchev–Trinajstić information content (AvgIpc) is 2.90. The highest BCUT2D eigenvalue weighted by Gasteiger charge is 2.28. The van der Waals surface area contributed by atoms with Gasteiger partial charge in [0, 0.05) is 29.4 Å². The van der Waals surface area contributed by atoms with Gasteiger partial charge in [-0.15, -0.1) is 0 Å². The number of methoxy groups -OCH3 is 1. The number of likely N-dealkylation sites (tertiary alicyclic amines) is 1. The molecular formula is C27H34N4O5. The lowest BCUT2D eigenvalue weighted by Gasteiger charge is -2.35. The van der Waals surface area contributed by atoms with Crippen LogP contribution in [0.3, 0.4) is 0 Å². The molecule has 2 amide bonds. The predicted molar refractivity (Wildman–Crippen MR) is 138 cm³/mol. The second-order valence-electron chi connectivity index (χ2n) is 9.11. The van der Waals surface area contributed by atoms with Gasteiger partial charge in [-0.1, -0.05) is 0 Å². The highest BCUT2D eigenvalue weighted by Crippen LogP contribution is 2.30. The Morgan fingerprint density at radius 1 is 1.08 bits per heavy atom. The number of carboxylic acid groups (broad SMARTS) is 1. The maximum Gasteiger partial charge on any atom is 0.412 e. The summed E-state index contributed by atoms with van der Waals surface area (Å²) in [6.45, 7) is 4.68. The molecule has 1 saturated heterocycles. The minimum absolute atomic E-state index is 0.0689. The zero-order valence-electron chi connectivity index (χ0n) is 21.1. The van der Waals surface area contributed by atoms with Gasteiger partial charge in [-0.3, -0.25) is 9.69 Å². The Balaban J connectivity index is 1.51. The van der Waals surface area contributed by atoms with Crippen molar-refractivity contribution in [2.45, 2.75) is 38.6 Å². The normalized spacial score (nSPS) is 16.9. The van der Waals surface area contributed by atoms with Gasteiger partial charge in [0.1, 0.15) is 0 Å². The van der Waals surface area contributed by atoms with Crippen molar-refractivity contribution in [1.29, 1.82) is 0 Å². The van der Waals surface area contributed by atoms with Crippen LogP contribution in [0.15, 0.2) is 47.6 Å². The summed E-state index contributed by atoms with van der Waals surface area (Å²) in [7, 11) is 3.65. The topological polar surface area (TPSA) is 94.9 Å². The Morgan fingerprint density at radius 2 is 1.81 bits per heavy atom. The quantitative estimate of drug-likeness (QED) is 0.616. The van der Waals surface area contributed by atoms with Crippen LogP contribution in [0.2, 0.25) is 0 Å². The maximum atomic E-state index is 13.2. The molecule has 2 heterocycles. The smallest absolute Gasteiger partial charge is 0.412 e. The van der Waals surface area contributed by atoms with Crippen molar-refractivity contribution in [2.24, 2.45) is 5.10 Å². The molecule has 0 spiro atoms. The number of rotatable bonds is 7. The molecule has 0 saturated carbocycles. The largest absolute Gasteiger partial charge is 0.493 e. The number of carbonyl (C=O) groups is 2. The van der Waals surface area contributed by atoms with Gasteiger partial charge in [0.15, 0.2) is 11.5 Å². The molecule has 1 N–H and O–H groups in total. The summed E-state index contributed by atoms with van der Waals surface area (Å²) in [5.41, 5.74) is 2.76. The third-order valence-corrected chi connectivity index (χ3v) is 6.71. The van der Waals surface area contributed by atoms with Gasteiger partial charge in [0.2, 0.25) is 0 Å². The Bertz CT molecular complexity index is 1110. The van der Waals surface area contributed by atoms with Crippen LogP contribution in [-0.4, -0.2) is 79.2 Å². The van der Waals surface area contributed by atoms with Crippen LogP contribution in [0.4, 0.5) is 10.5 Å². The second-order valence-corrected chi connectivity index (χ2v) is 9.11. The van der Waals surface area contributed by atoms with Gasteiger partial charge in [-0.25, -0.2) is 9.80 Å². The molecule has 0 radical (unpaired) electrons. The van der Waals surface area contributed by atoms with E-state index in [1.807, 2.05) is 32.2 Å². The van der Waals surface area contributed by atoms with Crippen molar-refractivity contribution in [2.75, 3.05) is 45.3 Å². The Kier molecular flexibility index (Phi) is 8.10. The highest BCUT2D eigenvalue weighted by molar-refractivity contribution is 6.03. The molecular weight excluding hydrogens is 460 g/mol. The summed E-state index contributed by atoms with van der Waals surface area (Å²) in [4.78, 5) is 28.9. The van der Waals surface area contributed by atoms with Gasteiger partial charge >= 0.3 is 6.09 Å². The fourth-order valence-electron chi connectivity index (χ4n) is 4.76. The van der Waals surface area contributed by atoms with E-state index in [4.69, 9.17) is 9.47 Å². The molecule has 2 aromatic carbocycles. The molecule has 0 unspecified atom stereocenters. The number of piperidine rings is 1. The van der Waals surface area contributed by atoms with Crippen LogP contribution in [0.5, 0.6) is 11.5 Å². The number of amides is 2. The first kappa shape index (κ1) is 25.5. The number of benzene rings is 2. The molecule has 36 heavy (non-hydrogen) atoms. The Morgan fingerprint density at radius 3 is 2.44 bits per heavy atom. The molecule has 9 nitrogen and oxygen atoms in total. The summed E-state index contributed by atoms with van der Waals surface area (Å²) in [6.07, 6.45) is 2.14. The van der Waals surface area contributed by atoms with Crippen molar-refractivity contribution in [3.8, 4) is 11.5 Å². The fourth-order valence-corrected chi connectivity index (χ4v) is 4.76. The Hall–Kier alpha value is -3.59. The lowest BCUT2D eigenvalue weighted by molar-refractivity contribution is 0.0751. The zero-order valence-corrected chi connectivity index (χ0v) is 21.1.